The Morgan fingerprint density at radius 2 is 1.51 bits per heavy atom. The van der Waals surface area contributed by atoms with Crippen LogP contribution >= 0.6 is 0 Å². The normalized spacial score (nSPS) is 16.3. The van der Waals surface area contributed by atoms with Crippen molar-refractivity contribution in [2.24, 2.45) is 5.41 Å². The lowest BCUT2D eigenvalue weighted by atomic mass is 9.72. The molecule has 2 saturated heterocycles. The van der Waals surface area contributed by atoms with Gasteiger partial charge in [0.25, 0.3) is 5.91 Å². The third-order valence-corrected chi connectivity index (χ3v) is 8.10. The van der Waals surface area contributed by atoms with E-state index in [4.69, 9.17) is 10.00 Å². The number of ether oxygens (including phenoxy) is 1. The van der Waals surface area contributed by atoms with E-state index in [0.717, 1.165) is 40.9 Å². The molecule has 2 aromatic heterocycles. The number of hydrogen-bond acceptors (Lipinski definition) is 5. The number of rotatable bonds is 3. The number of likely N-dealkylation sites (tertiary alicyclic amines) is 2. The van der Waals surface area contributed by atoms with E-state index in [-0.39, 0.29) is 17.4 Å². The van der Waals surface area contributed by atoms with Crippen molar-refractivity contribution in [3.63, 3.8) is 0 Å². The Balaban J connectivity index is 1.10. The second-order valence-corrected chi connectivity index (χ2v) is 12.2. The van der Waals surface area contributed by atoms with Crippen LogP contribution in [0.2, 0.25) is 0 Å². The molecular formula is C33H33N5O3. The molecule has 0 N–H and O–H groups in total. The number of fused-ring (bicyclic) bond motifs is 1. The number of piperidine rings is 1. The van der Waals surface area contributed by atoms with Crippen molar-refractivity contribution < 1.29 is 14.3 Å². The minimum Gasteiger partial charge on any atom is -0.444 e. The summed E-state index contributed by atoms with van der Waals surface area (Å²) in [6, 6.07) is 21.4. The van der Waals surface area contributed by atoms with Crippen LogP contribution in [0.15, 0.2) is 73.1 Å². The van der Waals surface area contributed by atoms with Crippen molar-refractivity contribution in [1.82, 2.24) is 19.2 Å². The first-order chi connectivity index (χ1) is 19.6. The third kappa shape index (κ3) is 5.28. The van der Waals surface area contributed by atoms with Crippen LogP contribution in [0.25, 0.3) is 28.0 Å². The number of benzene rings is 2. The van der Waals surface area contributed by atoms with Crippen LogP contribution in [0.3, 0.4) is 0 Å². The fourth-order valence-electron chi connectivity index (χ4n) is 5.79. The van der Waals surface area contributed by atoms with E-state index < -0.39 is 5.60 Å². The van der Waals surface area contributed by atoms with E-state index in [1.165, 1.54) is 0 Å². The fraction of sp³-hybridized carbons (Fsp3) is 0.333. The largest absolute Gasteiger partial charge is 0.444 e. The maximum Gasteiger partial charge on any atom is 0.410 e. The van der Waals surface area contributed by atoms with Gasteiger partial charge in [0.1, 0.15) is 11.2 Å². The molecule has 0 radical (unpaired) electrons. The van der Waals surface area contributed by atoms with E-state index in [2.05, 4.69) is 17.3 Å². The lowest BCUT2D eigenvalue weighted by molar-refractivity contribution is -0.0563. The zero-order chi connectivity index (χ0) is 28.8. The first-order valence-corrected chi connectivity index (χ1v) is 14.0. The highest BCUT2D eigenvalue weighted by atomic mass is 16.6. The van der Waals surface area contributed by atoms with Gasteiger partial charge < -0.3 is 14.5 Å². The topological polar surface area (TPSA) is 90.9 Å². The number of imidazole rings is 1. The maximum absolute atomic E-state index is 13.3. The zero-order valence-corrected chi connectivity index (χ0v) is 23.6. The van der Waals surface area contributed by atoms with Crippen molar-refractivity contribution in [2.45, 2.75) is 39.2 Å². The van der Waals surface area contributed by atoms with Crippen molar-refractivity contribution >= 4 is 17.6 Å². The molecule has 2 fully saturated rings. The smallest absolute Gasteiger partial charge is 0.410 e. The number of carbonyl (C=O) groups is 2. The second-order valence-electron chi connectivity index (χ2n) is 12.2. The van der Waals surface area contributed by atoms with Crippen LogP contribution in [-0.4, -0.2) is 63.0 Å². The summed E-state index contributed by atoms with van der Waals surface area (Å²) < 4.78 is 7.54. The summed E-state index contributed by atoms with van der Waals surface area (Å²) in [7, 11) is 0. The summed E-state index contributed by atoms with van der Waals surface area (Å²) >= 11 is 0. The Kier molecular flexibility index (Phi) is 6.53. The zero-order valence-electron chi connectivity index (χ0n) is 23.6. The van der Waals surface area contributed by atoms with Gasteiger partial charge in [-0.15, -0.1) is 0 Å². The Morgan fingerprint density at radius 1 is 0.878 bits per heavy atom. The highest BCUT2D eigenvalue weighted by molar-refractivity contribution is 5.94. The molecule has 2 aliphatic heterocycles. The maximum atomic E-state index is 13.3. The standard InChI is InChI=1S/C33H33N5O3/c1-32(2,3)41-31(40)37-21-33(22-37)14-16-36(17-15-33)30(39)26-10-8-24(9-11-26)27-12-13-29-35-19-28(38(29)20-27)25-6-4-23(18-34)5-7-25/h4-13,19-20H,14-17,21-22H2,1-3H3. The summed E-state index contributed by atoms with van der Waals surface area (Å²) in [6.45, 7) is 8.43. The molecular weight excluding hydrogens is 514 g/mol. The highest BCUT2D eigenvalue weighted by Gasteiger charge is 2.48. The van der Waals surface area contributed by atoms with Gasteiger partial charge in [0.05, 0.1) is 23.5 Å². The molecule has 0 atom stereocenters. The monoisotopic (exact) mass is 547 g/mol. The average molecular weight is 548 g/mol. The van der Waals surface area contributed by atoms with Crippen molar-refractivity contribution in [3.8, 4) is 28.5 Å². The molecule has 0 saturated carbocycles. The van der Waals surface area contributed by atoms with Crippen LogP contribution < -0.4 is 0 Å². The van der Waals surface area contributed by atoms with Gasteiger partial charge >= 0.3 is 6.09 Å². The molecule has 0 unspecified atom stereocenters. The van der Waals surface area contributed by atoms with Gasteiger partial charge in [0, 0.05) is 48.9 Å². The summed E-state index contributed by atoms with van der Waals surface area (Å²) in [6.07, 6.45) is 5.42. The first kappa shape index (κ1) is 26.6. The number of carbonyl (C=O) groups excluding carboxylic acids is 2. The molecule has 6 rings (SSSR count). The van der Waals surface area contributed by atoms with E-state index in [0.29, 0.717) is 37.3 Å². The molecule has 208 valence electrons. The molecule has 0 bridgehead atoms. The van der Waals surface area contributed by atoms with Crippen LogP contribution in [0.4, 0.5) is 4.79 Å². The minimum atomic E-state index is -0.494. The van der Waals surface area contributed by atoms with E-state index in [1.807, 2.05) is 84.8 Å². The Labute approximate surface area is 239 Å². The molecule has 4 heterocycles. The lowest BCUT2D eigenvalue weighted by Crippen LogP contribution is -2.62. The molecule has 4 aromatic rings. The molecule has 41 heavy (non-hydrogen) atoms. The van der Waals surface area contributed by atoms with Crippen molar-refractivity contribution in [3.05, 3.63) is 84.2 Å². The molecule has 2 aliphatic rings. The SMILES string of the molecule is CC(C)(C)OC(=O)N1CC2(CCN(C(=O)c3ccc(-c4ccc5ncc(-c6ccc(C#N)cc6)n5c4)cc3)CC2)C1. The molecule has 8 nitrogen and oxygen atoms in total. The third-order valence-electron chi connectivity index (χ3n) is 8.10. The van der Waals surface area contributed by atoms with Gasteiger partial charge in [-0.2, -0.15) is 5.26 Å². The highest BCUT2D eigenvalue weighted by Crippen LogP contribution is 2.41. The van der Waals surface area contributed by atoms with E-state index in [1.54, 1.807) is 17.0 Å². The van der Waals surface area contributed by atoms with Gasteiger partial charge in [0.2, 0.25) is 0 Å². The summed E-state index contributed by atoms with van der Waals surface area (Å²) in [4.78, 5) is 33.9. The Hall–Kier alpha value is -4.64. The summed E-state index contributed by atoms with van der Waals surface area (Å²) in [5, 5.41) is 9.10. The quantitative estimate of drug-likeness (QED) is 0.313. The predicted molar refractivity (Wildman–Crippen MR) is 156 cm³/mol. The van der Waals surface area contributed by atoms with Crippen molar-refractivity contribution in [2.75, 3.05) is 26.2 Å². The van der Waals surface area contributed by atoms with Gasteiger partial charge in [0.15, 0.2) is 0 Å². The average Bonchev–Trinajstić information content (AvgIpc) is 3.38. The first-order valence-electron chi connectivity index (χ1n) is 14.0. The van der Waals surface area contributed by atoms with E-state index in [9.17, 15) is 9.59 Å². The van der Waals surface area contributed by atoms with Gasteiger partial charge in [-0.3, -0.25) is 9.20 Å². The molecule has 2 aromatic carbocycles. The Bertz CT molecular complexity index is 1640. The van der Waals surface area contributed by atoms with E-state index >= 15 is 0 Å². The number of amides is 2. The Morgan fingerprint density at radius 3 is 2.15 bits per heavy atom. The summed E-state index contributed by atoms with van der Waals surface area (Å²) in [5.41, 5.74) is 5.70. The van der Waals surface area contributed by atoms with Gasteiger partial charge in [-0.05, 0) is 81.1 Å². The number of hydrogen-bond donors (Lipinski definition) is 0. The van der Waals surface area contributed by atoms with Crippen LogP contribution in [-0.2, 0) is 4.74 Å². The second kappa shape index (κ2) is 10.1. The number of nitrogens with zero attached hydrogens (tertiary/aromatic N) is 5. The van der Waals surface area contributed by atoms with Gasteiger partial charge in [-0.1, -0.05) is 24.3 Å². The molecule has 0 aliphatic carbocycles. The van der Waals surface area contributed by atoms with Crippen LogP contribution in [0.1, 0.15) is 49.5 Å². The minimum absolute atomic E-state index is 0.0443. The number of nitriles is 1. The number of aromatic nitrogens is 2. The molecule has 8 heteroatoms. The number of pyridine rings is 1. The lowest BCUT2D eigenvalue weighted by Gasteiger charge is -2.53. The molecule has 1 spiro atoms. The summed E-state index contributed by atoms with van der Waals surface area (Å²) in [5.74, 6) is 0.0443. The predicted octanol–water partition coefficient (Wildman–Crippen LogP) is 6.01. The van der Waals surface area contributed by atoms with Crippen LogP contribution in [0.5, 0.6) is 0 Å². The molecule has 2 amide bonds. The van der Waals surface area contributed by atoms with Crippen LogP contribution in [0, 0.1) is 16.7 Å². The van der Waals surface area contributed by atoms with Crippen molar-refractivity contribution in [1.29, 1.82) is 5.26 Å². The fourth-order valence-corrected chi connectivity index (χ4v) is 5.79. The van der Waals surface area contributed by atoms with Gasteiger partial charge in [-0.25, -0.2) is 9.78 Å².